The fourth-order valence-electron chi connectivity index (χ4n) is 2.61. The van der Waals surface area contributed by atoms with Crippen molar-refractivity contribution in [3.05, 3.63) is 39.8 Å². The average Bonchev–Trinajstić information content (AvgIpc) is 3.11. The van der Waals surface area contributed by atoms with Crippen molar-refractivity contribution >= 4 is 17.2 Å². The normalized spacial score (nSPS) is 11.2. The number of aryl methyl sites for hydroxylation is 1. The Kier molecular flexibility index (Phi) is 6.39. The van der Waals surface area contributed by atoms with Gasteiger partial charge in [0.1, 0.15) is 5.69 Å². The average molecular weight is 334 g/mol. The van der Waals surface area contributed by atoms with Gasteiger partial charge < -0.3 is 4.90 Å². The first-order chi connectivity index (χ1) is 11.0. The molecule has 0 bridgehead atoms. The van der Waals surface area contributed by atoms with Gasteiger partial charge in [-0.05, 0) is 47.2 Å². The maximum Gasteiger partial charge on any atom is 0.272 e. The molecule has 0 unspecified atom stereocenters. The summed E-state index contributed by atoms with van der Waals surface area (Å²) in [5.41, 5.74) is 2.88. The number of unbranched alkanes of at least 4 members (excludes halogenated alkanes) is 1. The van der Waals surface area contributed by atoms with E-state index in [1.165, 1.54) is 5.56 Å². The standard InChI is InChI=1S/C18H27N3OS/c1-5-6-8-21(12-15-7-9-23-13-15)18(22)17-11-16(10-14(2)3)19-20(17)4/h7,9,11,13-14H,5-6,8,10,12H2,1-4H3. The van der Waals surface area contributed by atoms with E-state index in [9.17, 15) is 4.79 Å². The van der Waals surface area contributed by atoms with Crippen molar-refractivity contribution in [2.75, 3.05) is 6.54 Å². The van der Waals surface area contributed by atoms with Crippen LogP contribution in [0.3, 0.4) is 0 Å². The quantitative estimate of drug-likeness (QED) is 0.729. The Morgan fingerprint density at radius 2 is 2.22 bits per heavy atom. The van der Waals surface area contributed by atoms with Gasteiger partial charge >= 0.3 is 0 Å². The number of carbonyl (C=O) groups is 1. The van der Waals surface area contributed by atoms with Crippen LogP contribution < -0.4 is 0 Å². The maximum atomic E-state index is 13.0. The van der Waals surface area contributed by atoms with Gasteiger partial charge in [-0.1, -0.05) is 27.2 Å². The monoisotopic (exact) mass is 333 g/mol. The minimum absolute atomic E-state index is 0.0784. The first-order valence-corrected chi connectivity index (χ1v) is 9.28. The molecule has 2 rings (SSSR count). The van der Waals surface area contributed by atoms with Crippen LogP contribution in [0.5, 0.6) is 0 Å². The molecule has 4 nitrogen and oxygen atoms in total. The molecule has 0 fully saturated rings. The zero-order valence-electron chi connectivity index (χ0n) is 14.6. The van der Waals surface area contributed by atoms with Crippen molar-refractivity contribution in [3.63, 3.8) is 0 Å². The van der Waals surface area contributed by atoms with Gasteiger partial charge in [-0.3, -0.25) is 9.48 Å². The fourth-order valence-corrected chi connectivity index (χ4v) is 3.27. The van der Waals surface area contributed by atoms with Crippen LogP contribution in [-0.4, -0.2) is 27.1 Å². The summed E-state index contributed by atoms with van der Waals surface area (Å²) in [7, 11) is 1.86. The molecule has 0 saturated heterocycles. The lowest BCUT2D eigenvalue weighted by Crippen LogP contribution is -2.32. The predicted octanol–water partition coefficient (Wildman–Crippen LogP) is 4.12. The van der Waals surface area contributed by atoms with Crippen molar-refractivity contribution in [2.45, 2.75) is 46.6 Å². The molecule has 0 aliphatic heterocycles. The SMILES string of the molecule is CCCCN(Cc1ccsc1)C(=O)c1cc(CC(C)C)nn1C. The van der Waals surface area contributed by atoms with Crippen LogP contribution in [0, 0.1) is 5.92 Å². The Morgan fingerprint density at radius 3 is 2.83 bits per heavy atom. The Hall–Kier alpha value is -1.62. The van der Waals surface area contributed by atoms with Gasteiger partial charge in [-0.2, -0.15) is 16.4 Å². The van der Waals surface area contributed by atoms with Gasteiger partial charge in [0.05, 0.1) is 5.69 Å². The highest BCUT2D eigenvalue weighted by Gasteiger charge is 2.20. The number of thiophene rings is 1. The van der Waals surface area contributed by atoms with E-state index in [1.807, 2.05) is 18.0 Å². The molecule has 126 valence electrons. The van der Waals surface area contributed by atoms with E-state index in [4.69, 9.17) is 0 Å². The van der Waals surface area contributed by atoms with E-state index in [1.54, 1.807) is 16.0 Å². The second-order valence-electron chi connectivity index (χ2n) is 6.45. The fraction of sp³-hybridized carbons (Fsp3) is 0.556. The maximum absolute atomic E-state index is 13.0. The van der Waals surface area contributed by atoms with Gasteiger partial charge in [0.15, 0.2) is 0 Å². The molecule has 0 aliphatic rings. The summed E-state index contributed by atoms with van der Waals surface area (Å²) in [6.45, 7) is 7.95. The molecule has 2 aromatic heterocycles. The number of carbonyl (C=O) groups excluding carboxylic acids is 1. The molecule has 0 atom stereocenters. The third kappa shape index (κ3) is 4.93. The lowest BCUT2D eigenvalue weighted by atomic mass is 10.1. The smallest absolute Gasteiger partial charge is 0.272 e. The zero-order valence-corrected chi connectivity index (χ0v) is 15.4. The molecule has 1 amide bonds. The summed E-state index contributed by atoms with van der Waals surface area (Å²) in [6.07, 6.45) is 3.00. The molecule has 2 heterocycles. The Labute approximate surface area is 143 Å². The van der Waals surface area contributed by atoms with Crippen LogP contribution in [0.15, 0.2) is 22.9 Å². The lowest BCUT2D eigenvalue weighted by molar-refractivity contribution is 0.0730. The molecule has 0 aliphatic carbocycles. The molecular formula is C18H27N3OS. The van der Waals surface area contributed by atoms with Crippen molar-refractivity contribution < 1.29 is 4.79 Å². The molecule has 5 heteroatoms. The Balaban J connectivity index is 2.17. The second-order valence-corrected chi connectivity index (χ2v) is 7.23. The van der Waals surface area contributed by atoms with E-state index < -0.39 is 0 Å². The molecule has 0 aromatic carbocycles. The number of hydrogen-bond acceptors (Lipinski definition) is 3. The van der Waals surface area contributed by atoms with Crippen molar-refractivity contribution in [3.8, 4) is 0 Å². The van der Waals surface area contributed by atoms with Crippen LogP contribution in [-0.2, 0) is 20.0 Å². The van der Waals surface area contributed by atoms with Gasteiger partial charge in [0, 0.05) is 20.1 Å². The molecule has 0 saturated carbocycles. The highest BCUT2D eigenvalue weighted by molar-refractivity contribution is 7.07. The third-order valence-corrected chi connectivity index (χ3v) is 4.52. The highest BCUT2D eigenvalue weighted by atomic mass is 32.1. The van der Waals surface area contributed by atoms with Crippen molar-refractivity contribution in [1.82, 2.24) is 14.7 Å². The second kappa shape index (κ2) is 8.29. The predicted molar refractivity (Wildman–Crippen MR) is 95.7 cm³/mol. The molecular weight excluding hydrogens is 306 g/mol. The Bertz CT molecular complexity index is 616. The van der Waals surface area contributed by atoms with E-state index >= 15 is 0 Å². The number of rotatable bonds is 8. The molecule has 0 N–H and O–H groups in total. The topological polar surface area (TPSA) is 38.1 Å². The van der Waals surface area contributed by atoms with Gasteiger partial charge in [0.2, 0.25) is 0 Å². The lowest BCUT2D eigenvalue weighted by Gasteiger charge is -2.22. The van der Waals surface area contributed by atoms with Crippen LogP contribution in [0.25, 0.3) is 0 Å². The van der Waals surface area contributed by atoms with Crippen molar-refractivity contribution in [1.29, 1.82) is 0 Å². The Morgan fingerprint density at radius 1 is 1.43 bits per heavy atom. The summed E-state index contributed by atoms with van der Waals surface area (Å²) in [5, 5.41) is 8.67. The molecule has 23 heavy (non-hydrogen) atoms. The minimum Gasteiger partial charge on any atom is -0.333 e. The summed E-state index contributed by atoms with van der Waals surface area (Å²) in [5.74, 6) is 0.615. The first kappa shape index (κ1) is 17.7. The van der Waals surface area contributed by atoms with Crippen LogP contribution in [0.4, 0.5) is 0 Å². The first-order valence-electron chi connectivity index (χ1n) is 8.34. The highest BCUT2D eigenvalue weighted by Crippen LogP contribution is 2.15. The summed E-state index contributed by atoms with van der Waals surface area (Å²) in [6, 6.07) is 4.04. The van der Waals surface area contributed by atoms with Crippen molar-refractivity contribution in [2.24, 2.45) is 13.0 Å². The van der Waals surface area contributed by atoms with E-state index in [-0.39, 0.29) is 5.91 Å². The van der Waals surface area contributed by atoms with E-state index in [0.717, 1.165) is 31.5 Å². The molecule has 0 radical (unpaired) electrons. The van der Waals surface area contributed by atoms with Crippen LogP contribution in [0.1, 0.15) is 55.4 Å². The largest absolute Gasteiger partial charge is 0.333 e. The number of amides is 1. The zero-order chi connectivity index (χ0) is 16.8. The van der Waals surface area contributed by atoms with E-state index in [0.29, 0.717) is 18.2 Å². The number of aromatic nitrogens is 2. The van der Waals surface area contributed by atoms with Gasteiger partial charge in [-0.25, -0.2) is 0 Å². The van der Waals surface area contributed by atoms with Gasteiger partial charge in [-0.15, -0.1) is 0 Å². The minimum atomic E-state index is 0.0784. The summed E-state index contributed by atoms with van der Waals surface area (Å²) >= 11 is 1.67. The number of nitrogens with zero attached hydrogens (tertiary/aromatic N) is 3. The van der Waals surface area contributed by atoms with E-state index in [2.05, 4.69) is 42.7 Å². The van der Waals surface area contributed by atoms with Gasteiger partial charge in [0.25, 0.3) is 5.91 Å². The van der Waals surface area contributed by atoms with Crippen LogP contribution >= 0.6 is 11.3 Å². The molecule has 0 spiro atoms. The molecule has 2 aromatic rings. The van der Waals surface area contributed by atoms with Crippen LogP contribution in [0.2, 0.25) is 0 Å². The summed E-state index contributed by atoms with van der Waals surface area (Å²) < 4.78 is 1.73. The summed E-state index contributed by atoms with van der Waals surface area (Å²) in [4.78, 5) is 14.9. The third-order valence-electron chi connectivity index (χ3n) is 3.79. The number of hydrogen-bond donors (Lipinski definition) is 0.